The van der Waals surface area contributed by atoms with Crippen molar-refractivity contribution in [2.45, 2.75) is 24.5 Å². The minimum atomic E-state index is -1.29. The van der Waals surface area contributed by atoms with E-state index in [0.717, 1.165) is 0 Å². The smallest absolute Gasteiger partial charge is 0.327 e. The highest BCUT2D eigenvalue weighted by atomic mass is 16.6. The molecule has 1 fully saturated rings. The van der Waals surface area contributed by atoms with Gasteiger partial charge in [0, 0.05) is 7.05 Å². The molecule has 0 radical (unpaired) electrons. The summed E-state index contributed by atoms with van der Waals surface area (Å²) in [5.41, 5.74) is -0.956. The molecule has 3 rings (SSSR count). The molecule has 21 heavy (non-hydrogen) atoms. The number of nitrogens with zero attached hydrogens (tertiary/aromatic N) is 1. The Morgan fingerprint density at radius 1 is 1.33 bits per heavy atom. The molecule has 116 valence electrons. The molecule has 2 aliphatic rings. The van der Waals surface area contributed by atoms with Crippen LogP contribution in [0.2, 0.25) is 0 Å². The van der Waals surface area contributed by atoms with Crippen molar-refractivity contribution in [3.8, 4) is 0 Å². The lowest BCUT2D eigenvalue weighted by molar-refractivity contribution is -0.771. The molecule has 0 bridgehead atoms. The number of aromatic amines is 2. The predicted molar refractivity (Wildman–Crippen MR) is 68.8 cm³/mol. The average Bonchev–Trinajstić information content (AvgIpc) is 2.89. The van der Waals surface area contributed by atoms with Gasteiger partial charge in [0.1, 0.15) is 24.5 Å². The lowest BCUT2D eigenvalue weighted by Gasteiger charge is -2.33. The third kappa shape index (κ3) is 2.08. The third-order valence-corrected chi connectivity index (χ3v) is 3.70. The summed E-state index contributed by atoms with van der Waals surface area (Å²) in [5.74, 6) is 0.191. The molecule has 5 atom stereocenters. The molecule has 0 amide bonds. The summed E-state index contributed by atoms with van der Waals surface area (Å²) in [6, 6.07) is 0. The zero-order chi connectivity index (χ0) is 15.3. The maximum Gasteiger partial charge on any atom is 0.327 e. The van der Waals surface area contributed by atoms with Crippen molar-refractivity contribution in [2.24, 2.45) is 0 Å². The van der Waals surface area contributed by atoms with Crippen LogP contribution >= 0.6 is 0 Å². The fourth-order valence-corrected chi connectivity index (χ4v) is 2.68. The van der Waals surface area contributed by atoms with Gasteiger partial charge in [0.2, 0.25) is 5.69 Å². The van der Waals surface area contributed by atoms with Gasteiger partial charge in [0.05, 0.1) is 6.61 Å². The van der Waals surface area contributed by atoms with Gasteiger partial charge in [-0.05, 0) is 6.67 Å². The van der Waals surface area contributed by atoms with Crippen LogP contribution in [0.15, 0.2) is 9.59 Å². The largest absolute Gasteiger partial charge is 0.425 e. The van der Waals surface area contributed by atoms with Crippen molar-refractivity contribution < 1.29 is 25.0 Å². The van der Waals surface area contributed by atoms with Gasteiger partial charge < -0.3 is 29.9 Å². The van der Waals surface area contributed by atoms with Crippen molar-refractivity contribution in [1.82, 2.24) is 9.97 Å². The quantitative estimate of drug-likeness (QED) is 0.303. The lowest BCUT2D eigenvalue weighted by Crippen LogP contribution is -3.01. The Labute approximate surface area is 118 Å². The van der Waals surface area contributed by atoms with Crippen LogP contribution < -0.4 is 21.0 Å². The van der Waals surface area contributed by atoms with Crippen LogP contribution in [0.5, 0.6) is 0 Å². The number of aliphatic hydroxyl groups is 3. The molecule has 10 heteroatoms. The number of nitrogens with one attached hydrogen (secondary N) is 3. The van der Waals surface area contributed by atoms with Crippen LogP contribution in [0.1, 0.15) is 0 Å². The fourth-order valence-electron chi connectivity index (χ4n) is 2.68. The Balaban J connectivity index is 2.01. The van der Waals surface area contributed by atoms with E-state index in [1.165, 1.54) is 11.6 Å². The summed E-state index contributed by atoms with van der Waals surface area (Å²) in [6.07, 6.45) is -4.49. The molecule has 0 aliphatic carbocycles. The molecular formula is C11H16N4O6. The number of hydrogen-bond donors (Lipinski definition) is 6. The highest BCUT2D eigenvalue weighted by molar-refractivity contribution is 5.60. The van der Waals surface area contributed by atoms with Crippen LogP contribution in [0, 0.1) is 6.67 Å². The molecular weight excluding hydrogens is 284 g/mol. The summed E-state index contributed by atoms with van der Waals surface area (Å²) >= 11 is 0. The zero-order valence-electron chi connectivity index (χ0n) is 11.1. The SMILES string of the molecule is C[NH+]1[CH-]N([C@@H]2O[C@@H](CO)[C@@H](O)[C@H]2O)c2[nH]c(=O)[nH]c(=O)c21. The van der Waals surface area contributed by atoms with Crippen molar-refractivity contribution in [2.75, 3.05) is 18.6 Å². The second-order valence-corrected chi connectivity index (χ2v) is 5.08. The number of hydrogen-bond acceptors (Lipinski definition) is 7. The van der Waals surface area contributed by atoms with Crippen LogP contribution in [-0.2, 0) is 4.74 Å². The number of quaternary nitrogens is 1. The van der Waals surface area contributed by atoms with Gasteiger partial charge >= 0.3 is 11.2 Å². The summed E-state index contributed by atoms with van der Waals surface area (Å²) in [6.45, 7) is 1.08. The Morgan fingerprint density at radius 2 is 2.05 bits per heavy atom. The monoisotopic (exact) mass is 300 g/mol. The van der Waals surface area contributed by atoms with E-state index in [1.54, 1.807) is 7.05 Å². The lowest BCUT2D eigenvalue weighted by atomic mass is 10.1. The number of ether oxygens (including phenoxy) is 1. The van der Waals surface area contributed by atoms with E-state index in [1.807, 2.05) is 0 Å². The number of aliphatic hydroxyl groups excluding tert-OH is 3. The number of H-pyrrole nitrogens is 2. The van der Waals surface area contributed by atoms with E-state index in [9.17, 15) is 19.8 Å². The summed E-state index contributed by atoms with van der Waals surface area (Å²) < 4.78 is 5.40. The van der Waals surface area contributed by atoms with E-state index in [4.69, 9.17) is 9.84 Å². The highest BCUT2D eigenvalue weighted by Crippen LogP contribution is 2.30. The zero-order valence-corrected chi connectivity index (χ0v) is 11.1. The molecule has 0 spiro atoms. The minimum Gasteiger partial charge on any atom is -0.425 e. The minimum absolute atomic E-state index is 0.191. The molecule has 1 saturated heterocycles. The molecule has 1 unspecified atom stereocenters. The molecule has 10 nitrogen and oxygen atoms in total. The predicted octanol–water partition coefficient (Wildman–Crippen LogP) is -4.41. The van der Waals surface area contributed by atoms with Crippen LogP contribution in [0.25, 0.3) is 0 Å². The van der Waals surface area contributed by atoms with Gasteiger partial charge in [-0.3, -0.25) is 14.8 Å². The molecule has 0 saturated carbocycles. The second kappa shape index (κ2) is 4.93. The normalized spacial score (nSPS) is 35.2. The first-order chi connectivity index (χ1) is 9.93. The van der Waals surface area contributed by atoms with Gasteiger partial charge in [-0.2, -0.15) is 0 Å². The van der Waals surface area contributed by atoms with Gasteiger partial charge in [0.25, 0.3) is 0 Å². The Kier molecular flexibility index (Phi) is 3.34. The van der Waals surface area contributed by atoms with Crippen LogP contribution in [-0.4, -0.2) is 63.5 Å². The number of anilines is 1. The molecule has 1 aromatic rings. The Morgan fingerprint density at radius 3 is 2.67 bits per heavy atom. The van der Waals surface area contributed by atoms with Gasteiger partial charge in [-0.15, -0.1) is 0 Å². The van der Waals surface area contributed by atoms with E-state index >= 15 is 0 Å². The molecule has 3 heterocycles. The number of rotatable bonds is 2. The maximum absolute atomic E-state index is 11.8. The number of fused-ring (bicyclic) bond motifs is 1. The highest BCUT2D eigenvalue weighted by Gasteiger charge is 2.46. The van der Waals surface area contributed by atoms with Crippen molar-refractivity contribution in [3.05, 3.63) is 27.5 Å². The van der Waals surface area contributed by atoms with Gasteiger partial charge in [0.15, 0.2) is 5.82 Å². The van der Waals surface area contributed by atoms with Crippen LogP contribution in [0.3, 0.4) is 0 Å². The maximum atomic E-state index is 11.8. The van der Waals surface area contributed by atoms with Gasteiger partial charge in [-0.25, -0.2) is 4.79 Å². The van der Waals surface area contributed by atoms with Crippen molar-refractivity contribution in [3.63, 3.8) is 0 Å². The molecule has 0 aromatic carbocycles. The molecule has 6 N–H and O–H groups in total. The van der Waals surface area contributed by atoms with Gasteiger partial charge in [-0.1, -0.05) is 0 Å². The standard InChI is InChI=1S/C11H16N4O6/c1-14-3-15(8-5(14)9(19)13-11(20)12-8)10-7(18)6(17)4(2-16)21-10/h3-4,6-7,10,14,16-18H,2H2,1H3,(H2,12,13,19,20)/t4-,6+,7+,10+/m0/s1. The van der Waals surface area contributed by atoms with E-state index in [-0.39, 0.29) is 11.5 Å². The summed E-state index contributed by atoms with van der Waals surface area (Å²) in [4.78, 5) is 29.8. The van der Waals surface area contributed by atoms with E-state index in [0.29, 0.717) is 4.90 Å². The Bertz CT molecular complexity index is 657. The van der Waals surface area contributed by atoms with Crippen molar-refractivity contribution in [1.29, 1.82) is 0 Å². The van der Waals surface area contributed by atoms with E-state index < -0.39 is 42.4 Å². The third-order valence-electron chi connectivity index (χ3n) is 3.70. The van der Waals surface area contributed by atoms with Crippen molar-refractivity contribution >= 4 is 11.5 Å². The topological polar surface area (TPSA) is 143 Å². The first kappa shape index (κ1) is 14.2. The summed E-state index contributed by atoms with van der Waals surface area (Å²) in [7, 11) is 1.67. The first-order valence-corrected chi connectivity index (χ1v) is 6.40. The Hall–Kier alpha value is -1.72. The van der Waals surface area contributed by atoms with E-state index in [2.05, 4.69) is 9.97 Å². The molecule has 1 aromatic heterocycles. The summed E-state index contributed by atoms with van der Waals surface area (Å²) in [5, 5.41) is 28.9. The second-order valence-electron chi connectivity index (χ2n) is 5.08. The van der Waals surface area contributed by atoms with Crippen LogP contribution in [0.4, 0.5) is 11.5 Å². The molecule has 2 aliphatic heterocycles. The first-order valence-electron chi connectivity index (χ1n) is 6.40. The fraction of sp³-hybridized carbons (Fsp3) is 0.545. The number of aromatic nitrogens is 2. The average molecular weight is 300 g/mol.